The lowest BCUT2D eigenvalue weighted by molar-refractivity contribution is 0.504. The second-order valence-corrected chi connectivity index (χ2v) is 6.48. The molecule has 0 heterocycles. The van der Waals surface area contributed by atoms with Crippen molar-refractivity contribution in [3.05, 3.63) is 47.0 Å². The summed E-state index contributed by atoms with van der Waals surface area (Å²) in [4.78, 5) is 4.30. The summed E-state index contributed by atoms with van der Waals surface area (Å²) in [5, 5.41) is 7.67. The molecule has 1 aromatic rings. The largest absolute Gasteiger partial charge is 0.356 e. The van der Waals surface area contributed by atoms with E-state index in [0.717, 1.165) is 35.9 Å². The molecule has 0 radical (unpaired) electrons. The maximum atomic E-state index is 6.31. The number of halogens is 2. The van der Waals surface area contributed by atoms with Gasteiger partial charge >= 0.3 is 0 Å². The number of benzene rings is 1. The van der Waals surface area contributed by atoms with Crippen LogP contribution in [-0.2, 0) is 5.41 Å². The molecule has 0 atom stereocenters. The Morgan fingerprint density at radius 1 is 1.27 bits per heavy atom. The van der Waals surface area contributed by atoms with Crippen molar-refractivity contribution in [3.8, 4) is 0 Å². The number of rotatable bonds is 4. The fraction of sp³-hybridized carbons (Fsp3) is 0.471. The van der Waals surface area contributed by atoms with Crippen LogP contribution in [0.15, 0.2) is 41.4 Å². The van der Waals surface area contributed by atoms with Crippen molar-refractivity contribution in [2.45, 2.75) is 38.1 Å². The van der Waals surface area contributed by atoms with E-state index in [-0.39, 0.29) is 29.4 Å². The summed E-state index contributed by atoms with van der Waals surface area (Å²) in [5.41, 5.74) is 1.08. The van der Waals surface area contributed by atoms with Crippen molar-refractivity contribution in [2.24, 2.45) is 4.99 Å². The molecule has 0 bridgehead atoms. The second-order valence-electron chi connectivity index (χ2n) is 6.07. The lowest BCUT2D eigenvalue weighted by Gasteiger charge is -2.28. The van der Waals surface area contributed by atoms with Crippen molar-refractivity contribution >= 4 is 41.5 Å². The van der Waals surface area contributed by atoms with Gasteiger partial charge in [0.05, 0.1) is 0 Å². The van der Waals surface area contributed by atoms with Crippen molar-refractivity contribution in [2.75, 3.05) is 13.6 Å². The SMILES string of the molecule is CN=C(NCC(C)(C)c1ccccc1Cl)NC1CC=CC1.I. The van der Waals surface area contributed by atoms with Gasteiger partial charge in [0, 0.05) is 30.1 Å². The van der Waals surface area contributed by atoms with Gasteiger partial charge in [-0.05, 0) is 24.5 Å². The zero-order valence-corrected chi connectivity index (χ0v) is 16.5. The van der Waals surface area contributed by atoms with Gasteiger partial charge in [-0.2, -0.15) is 0 Å². The van der Waals surface area contributed by atoms with E-state index in [4.69, 9.17) is 11.6 Å². The third kappa shape index (κ3) is 5.16. The molecule has 0 saturated carbocycles. The number of nitrogens with one attached hydrogen (secondary N) is 2. The smallest absolute Gasteiger partial charge is 0.191 e. The van der Waals surface area contributed by atoms with Crippen LogP contribution in [0.5, 0.6) is 0 Å². The van der Waals surface area contributed by atoms with Gasteiger partial charge in [-0.15, -0.1) is 24.0 Å². The molecule has 0 amide bonds. The first-order valence-electron chi connectivity index (χ1n) is 7.40. The molecule has 1 aliphatic carbocycles. The van der Waals surface area contributed by atoms with E-state index in [1.54, 1.807) is 7.05 Å². The van der Waals surface area contributed by atoms with Crippen molar-refractivity contribution in [1.29, 1.82) is 0 Å². The quantitative estimate of drug-likeness (QED) is 0.324. The van der Waals surface area contributed by atoms with E-state index in [0.29, 0.717) is 6.04 Å². The van der Waals surface area contributed by atoms with Crippen LogP contribution >= 0.6 is 35.6 Å². The first kappa shape index (κ1) is 19.3. The van der Waals surface area contributed by atoms with E-state index < -0.39 is 0 Å². The highest BCUT2D eigenvalue weighted by molar-refractivity contribution is 14.0. The topological polar surface area (TPSA) is 36.4 Å². The molecule has 5 heteroatoms. The molecule has 22 heavy (non-hydrogen) atoms. The van der Waals surface area contributed by atoms with Gasteiger partial charge in [-0.25, -0.2) is 0 Å². The van der Waals surface area contributed by atoms with Gasteiger partial charge < -0.3 is 10.6 Å². The van der Waals surface area contributed by atoms with Gasteiger partial charge in [0.15, 0.2) is 5.96 Å². The minimum absolute atomic E-state index is 0. The summed E-state index contributed by atoms with van der Waals surface area (Å²) in [6, 6.07) is 8.47. The maximum absolute atomic E-state index is 6.31. The summed E-state index contributed by atoms with van der Waals surface area (Å²) >= 11 is 6.31. The predicted octanol–water partition coefficient (Wildman–Crippen LogP) is 4.12. The van der Waals surface area contributed by atoms with Crippen LogP contribution in [-0.4, -0.2) is 25.6 Å². The molecule has 0 unspecified atom stereocenters. The van der Waals surface area contributed by atoms with Gasteiger partial charge in [0.25, 0.3) is 0 Å². The average molecular weight is 434 g/mol. The van der Waals surface area contributed by atoms with Gasteiger partial charge in [-0.3, -0.25) is 4.99 Å². The molecule has 2 rings (SSSR count). The Kier molecular flexibility index (Phi) is 7.69. The normalized spacial score (nSPS) is 15.5. The lowest BCUT2D eigenvalue weighted by Crippen LogP contribution is -2.46. The molecule has 1 aromatic carbocycles. The Morgan fingerprint density at radius 2 is 1.91 bits per heavy atom. The molecule has 3 nitrogen and oxygen atoms in total. The minimum Gasteiger partial charge on any atom is -0.356 e. The van der Waals surface area contributed by atoms with Crippen LogP contribution in [0.2, 0.25) is 5.02 Å². The van der Waals surface area contributed by atoms with Crippen LogP contribution in [0.3, 0.4) is 0 Å². The Balaban J connectivity index is 0.00000242. The Hall–Kier alpha value is -0.750. The van der Waals surface area contributed by atoms with E-state index in [9.17, 15) is 0 Å². The highest BCUT2D eigenvalue weighted by Crippen LogP contribution is 2.28. The fourth-order valence-corrected chi connectivity index (χ4v) is 2.92. The van der Waals surface area contributed by atoms with Crippen molar-refractivity contribution in [3.63, 3.8) is 0 Å². The third-order valence-corrected chi connectivity index (χ3v) is 4.20. The summed E-state index contributed by atoms with van der Waals surface area (Å²) < 4.78 is 0. The molecule has 2 N–H and O–H groups in total. The standard InChI is InChI=1S/C17H24ClN3.HI/c1-17(2,14-10-6-7-11-15(14)18)12-20-16(19-3)21-13-8-4-5-9-13;/h4-7,10-11,13H,8-9,12H2,1-3H3,(H2,19,20,21);1H. The summed E-state index contributed by atoms with van der Waals surface area (Å²) in [6.07, 6.45) is 6.54. The lowest BCUT2D eigenvalue weighted by atomic mass is 9.84. The fourth-order valence-electron chi connectivity index (χ4n) is 2.53. The van der Waals surface area contributed by atoms with Crippen molar-refractivity contribution in [1.82, 2.24) is 10.6 Å². The van der Waals surface area contributed by atoms with E-state index in [1.807, 2.05) is 18.2 Å². The van der Waals surface area contributed by atoms with Crippen molar-refractivity contribution < 1.29 is 0 Å². The zero-order valence-electron chi connectivity index (χ0n) is 13.4. The number of hydrogen-bond donors (Lipinski definition) is 2. The average Bonchev–Trinajstić information content (AvgIpc) is 2.96. The van der Waals surface area contributed by atoms with Gasteiger partial charge in [0.1, 0.15) is 0 Å². The molecule has 0 aromatic heterocycles. The highest BCUT2D eigenvalue weighted by Gasteiger charge is 2.23. The molecular weight excluding hydrogens is 409 g/mol. The van der Waals surface area contributed by atoms with E-state index in [1.165, 1.54) is 0 Å². The van der Waals surface area contributed by atoms with E-state index >= 15 is 0 Å². The molecule has 0 saturated heterocycles. The van der Waals surface area contributed by atoms with Gasteiger partial charge in [-0.1, -0.05) is 55.8 Å². The highest BCUT2D eigenvalue weighted by atomic mass is 127. The molecule has 122 valence electrons. The molecule has 0 fully saturated rings. The number of hydrogen-bond acceptors (Lipinski definition) is 1. The third-order valence-electron chi connectivity index (χ3n) is 3.87. The number of guanidine groups is 1. The predicted molar refractivity (Wildman–Crippen MR) is 107 cm³/mol. The Morgan fingerprint density at radius 3 is 2.50 bits per heavy atom. The summed E-state index contributed by atoms with van der Waals surface area (Å²) in [5.74, 6) is 0.851. The monoisotopic (exact) mass is 433 g/mol. The second kappa shape index (κ2) is 8.77. The number of aliphatic imine (C=N–C) groups is 1. The first-order chi connectivity index (χ1) is 10.0. The maximum Gasteiger partial charge on any atom is 0.191 e. The van der Waals surface area contributed by atoms with Crippen LogP contribution in [0.25, 0.3) is 0 Å². The van der Waals surface area contributed by atoms with Gasteiger partial charge in [0.2, 0.25) is 0 Å². The van der Waals surface area contributed by atoms with Crippen LogP contribution in [0.1, 0.15) is 32.3 Å². The number of nitrogens with zero attached hydrogens (tertiary/aromatic N) is 1. The molecule has 0 aliphatic heterocycles. The van der Waals surface area contributed by atoms with E-state index in [2.05, 4.69) is 47.7 Å². The molecule has 0 spiro atoms. The zero-order chi connectivity index (χ0) is 15.3. The first-order valence-corrected chi connectivity index (χ1v) is 7.78. The minimum atomic E-state index is -0.0656. The molecule has 1 aliphatic rings. The Labute approximate surface area is 155 Å². The Bertz CT molecular complexity index is 532. The summed E-state index contributed by atoms with van der Waals surface area (Å²) in [6.45, 7) is 5.15. The summed E-state index contributed by atoms with van der Waals surface area (Å²) in [7, 11) is 1.81. The van der Waals surface area contributed by atoms with Crippen LogP contribution < -0.4 is 10.6 Å². The van der Waals surface area contributed by atoms with Crippen LogP contribution in [0, 0.1) is 0 Å². The van der Waals surface area contributed by atoms with Crippen LogP contribution in [0.4, 0.5) is 0 Å². The molecular formula is C17H25ClIN3.